The molecule has 1 saturated heterocycles. The largest absolute Gasteiger partial charge is 0.393 e. The number of hydrogen-bond donors (Lipinski definition) is 2. The molecule has 1 atom stereocenters. The number of carbonyl (C=O) groups excluding carboxylic acids is 1. The second kappa shape index (κ2) is 6.02. The van der Waals surface area contributed by atoms with Crippen LogP contribution in [0.2, 0.25) is 0 Å². The van der Waals surface area contributed by atoms with Gasteiger partial charge >= 0.3 is 0 Å². The van der Waals surface area contributed by atoms with Crippen molar-refractivity contribution in [1.29, 1.82) is 0 Å². The van der Waals surface area contributed by atoms with Gasteiger partial charge in [-0.1, -0.05) is 0 Å². The van der Waals surface area contributed by atoms with Gasteiger partial charge in [0.1, 0.15) is 5.82 Å². The number of nitrogens with one attached hydrogen (secondary N) is 1. The zero-order chi connectivity index (χ0) is 13.8. The Kier molecular flexibility index (Phi) is 4.37. The summed E-state index contributed by atoms with van der Waals surface area (Å²) >= 11 is 0. The lowest BCUT2D eigenvalue weighted by atomic mass is 9.92. The van der Waals surface area contributed by atoms with E-state index >= 15 is 0 Å². The smallest absolute Gasteiger partial charge is 0.254 e. The second-order valence-corrected chi connectivity index (χ2v) is 5.02. The molecular weight excluding hydrogens is 242 g/mol. The molecule has 0 aromatic carbocycles. The number of pyridine rings is 1. The molecule has 0 bridgehead atoms. The van der Waals surface area contributed by atoms with Gasteiger partial charge < -0.3 is 15.3 Å². The minimum atomic E-state index is -0.260. The fourth-order valence-corrected chi connectivity index (χ4v) is 2.55. The van der Waals surface area contributed by atoms with Crippen molar-refractivity contribution >= 4 is 11.7 Å². The van der Waals surface area contributed by atoms with E-state index in [9.17, 15) is 9.90 Å². The van der Waals surface area contributed by atoms with Gasteiger partial charge in [-0.05, 0) is 37.8 Å². The molecule has 2 heterocycles. The van der Waals surface area contributed by atoms with Crippen molar-refractivity contribution in [2.24, 2.45) is 5.92 Å². The van der Waals surface area contributed by atoms with E-state index in [1.54, 1.807) is 25.4 Å². The number of amides is 1. The van der Waals surface area contributed by atoms with Gasteiger partial charge in [0.05, 0.1) is 11.7 Å². The molecule has 1 unspecified atom stereocenters. The Balaban J connectivity index is 2.13. The highest BCUT2D eigenvalue weighted by molar-refractivity contribution is 5.98. The molecule has 1 aromatic rings. The summed E-state index contributed by atoms with van der Waals surface area (Å²) in [6.07, 6.45) is 3.31. The molecule has 0 aliphatic carbocycles. The minimum Gasteiger partial charge on any atom is -0.393 e. The van der Waals surface area contributed by atoms with E-state index in [1.807, 2.05) is 6.92 Å². The highest BCUT2D eigenvalue weighted by Gasteiger charge is 2.25. The summed E-state index contributed by atoms with van der Waals surface area (Å²) in [7, 11) is 1.62. The third kappa shape index (κ3) is 3.04. The normalized spacial score (nSPS) is 18.2. The Morgan fingerprint density at radius 3 is 2.79 bits per heavy atom. The van der Waals surface area contributed by atoms with Crippen LogP contribution in [0.4, 0.5) is 5.82 Å². The number of nitrogens with zero attached hydrogens (tertiary/aromatic N) is 2. The molecule has 5 nitrogen and oxygen atoms in total. The average molecular weight is 263 g/mol. The van der Waals surface area contributed by atoms with E-state index in [2.05, 4.69) is 15.2 Å². The number of aromatic nitrogens is 1. The van der Waals surface area contributed by atoms with E-state index in [0.717, 1.165) is 31.7 Å². The van der Waals surface area contributed by atoms with E-state index in [0.29, 0.717) is 11.5 Å². The van der Waals surface area contributed by atoms with Crippen LogP contribution in [0.3, 0.4) is 0 Å². The quantitative estimate of drug-likeness (QED) is 0.855. The lowest BCUT2D eigenvalue weighted by Crippen LogP contribution is -2.38. The molecule has 0 saturated carbocycles. The summed E-state index contributed by atoms with van der Waals surface area (Å²) in [5.41, 5.74) is 0.612. The number of anilines is 1. The number of carbonyl (C=O) groups is 1. The number of aliphatic hydroxyl groups is 1. The highest BCUT2D eigenvalue weighted by Crippen LogP contribution is 2.26. The SMILES string of the molecule is CNC(=O)c1cccnc1N1CCC(C(C)O)CC1. The Hall–Kier alpha value is -1.62. The third-order valence-corrected chi connectivity index (χ3v) is 3.78. The van der Waals surface area contributed by atoms with Crippen LogP contribution in [-0.4, -0.2) is 42.2 Å². The van der Waals surface area contributed by atoms with Crippen molar-refractivity contribution in [3.05, 3.63) is 23.9 Å². The Bertz CT molecular complexity index is 440. The van der Waals surface area contributed by atoms with Crippen LogP contribution < -0.4 is 10.2 Å². The maximum absolute atomic E-state index is 11.8. The molecule has 2 rings (SSSR count). The van der Waals surface area contributed by atoms with E-state index < -0.39 is 0 Å². The highest BCUT2D eigenvalue weighted by atomic mass is 16.3. The third-order valence-electron chi connectivity index (χ3n) is 3.78. The molecule has 1 aliphatic heterocycles. The molecule has 2 N–H and O–H groups in total. The Morgan fingerprint density at radius 2 is 2.21 bits per heavy atom. The standard InChI is InChI=1S/C14H21N3O2/c1-10(18)11-5-8-17(9-6-11)13-12(14(19)15-2)4-3-7-16-13/h3-4,7,10-11,18H,5-6,8-9H2,1-2H3,(H,15,19). The van der Waals surface area contributed by atoms with E-state index in [4.69, 9.17) is 0 Å². The molecule has 1 amide bonds. The molecule has 1 fully saturated rings. The molecule has 19 heavy (non-hydrogen) atoms. The Morgan fingerprint density at radius 1 is 1.53 bits per heavy atom. The van der Waals surface area contributed by atoms with Gasteiger partial charge in [0.2, 0.25) is 0 Å². The maximum atomic E-state index is 11.8. The van der Waals surface area contributed by atoms with Gasteiger partial charge in [0.15, 0.2) is 0 Å². The molecule has 0 spiro atoms. The zero-order valence-electron chi connectivity index (χ0n) is 11.5. The summed E-state index contributed by atoms with van der Waals surface area (Å²) in [5, 5.41) is 12.3. The second-order valence-electron chi connectivity index (χ2n) is 5.02. The number of piperidine rings is 1. The molecule has 104 valence electrons. The number of hydrogen-bond acceptors (Lipinski definition) is 4. The first-order chi connectivity index (χ1) is 9.13. The van der Waals surface area contributed by atoms with Crippen LogP contribution in [0.25, 0.3) is 0 Å². The first-order valence-corrected chi connectivity index (χ1v) is 6.73. The molecule has 5 heteroatoms. The fraction of sp³-hybridized carbons (Fsp3) is 0.571. The summed E-state index contributed by atoms with van der Waals surface area (Å²) in [4.78, 5) is 18.3. The van der Waals surface area contributed by atoms with E-state index in [1.165, 1.54) is 0 Å². The number of aliphatic hydroxyl groups excluding tert-OH is 1. The molecule has 1 aromatic heterocycles. The van der Waals surface area contributed by atoms with Crippen molar-refractivity contribution in [1.82, 2.24) is 10.3 Å². The van der Waals surface area contributed by atoms with Crippen molar-refractivity contribution < 1.29 is 9.90 Å². The van der Waals surface area contributed by atoms with Gasteiger partial charge in [-0.3, -0.25) is 4.79 Å². The first kappa shape index (κ1) is 13.8. The summed E-state index contributed by atoms with van der Waals surface area (Å²) in [6, 6.07) is 3.57. The number of rotatable bonds is 3. The molecular formula is C14H21N3O2. The average Bonchev–Trinajstić information content (AvgIpc) is 2.46. The van der Waals surface area contributed by atoms with Crippen molar-refractivity contribution in [2.75, 3.05) is 25.0 Å². The van der Waals surface area contributed by atoms with Crippen LogP contribution in [0.15, 0.2) is 18.3 Å². The van der Waals surface area contributed by atoms with Crippen molar-refractivity contribution in [3.63, 3.8) is 0 Å². The van der Waals surface area contributed by atoms with Gasteiger partial charge in [-0.25, -0.2) is 4.98 Å². The zero-order valence-corrected chi connectivity index (χ0v) is 11.5. The molecule has 0 radical (unpaired) electrons. The molecule has 1 aliphatic rings. The Labute approximate surface area is 113 Å². The first-order valence-electron chi connectivity index (χ1n) is 6.73. The van der Waals surface area contributed by atoms with Crippen LogP contribution in [0.1, 0.15) is 30.1 Å². The van der Waals surface area contributed by atoms with Gasteiger partial charge in [0, 0.05) is 26.3 Å². The lowest BCUT2D eigenvalue weighted by molar-refractivity contribution is 0.0961. The van der Waals surface area contributed by atoms with Crippen LogP contribution in [-0.2, 0) is 0 Å². The summed E-state index contributed by atoms with van der Waals surface area (Å²) in [6.45, 7) is 3.50. The van der Waals surface area contributed by atoms with Gasteiger partial charge in [0.25, 0.3) is 5.91 Å². The van der Waals surface area contributed by atoms with Crippen molar-refractivity contribution in [2.45, 2.75) is 25.9 Å². The van der Waals surface area contributed by atoms with Crippen LogP contribution >= 0.6 is 0 Å². The predicted octanol–water partition coefficient (Wildman–Crippen LogP) is 1.04. The van der Waals surface area contributed by atoms with E-state index in [-0.39, 0.29) is 12.0 Å². The summed E-state index contributed by atoms with van der Waals surface area (Å²) < 4.78 is 0. The van der Waals surface area contributed by atoms with Gasteiger partial charge in [-0.15, -0.1) is 0 Å². The minimum absolute atomic E-state index is 0.110. The lowest BCUT2D eigenvalue weighted by Gasteiger charge is -2.34. The monoisotopic (exact) mass is 263 g/mol. The summed E-state index contributed by atoms with van der Waals surface area (Å²) in [5.74, 6) is 0.982. The topological polar surface area (TPSA) is 65.5 Å². The van der Waals surface area contributed by atoms with Gasteiger partial charge in [-0.2, -0.15) is 0 Å². The predicted molar refractivity (Wildman–Crippen MR) is 74.2 cm³/mol. The maximum Gasteiger partial charge on any atom is 0.254 e. The van der Waals surface area contributed by atoms with Crippen LogP contribution in [0.5, 0.6) is 0 Å². The van der Waals surface area contributed by atoms with Crippen molar-refractivity contribution in [3.8, 4) is 0 Å². The van der Waals surface area contributed by atoms with Crippen LogP contribution in [0, 0.1) is 5.92 Å². The fourth-order valence-electron chi connectivity index (χ4n) is 2.55.